The van der Waals surface area contributed by atoms with Gasteiger partial charge in [0.1, 0.15) is 12.4 Å². The van der Waals surface area contributed by atoms with Crippen molar-refractivity contribution in [3.8, 4) is 5.75 Å². The van der Waals surface area contributed by atoms with Gasteiger partial charge < -0.3 is 10.1 Å². The van der Waals surface area contributed by atoms with Crippen molar-refractivity contribution in [2.45, 2.75) is 24.4 Å². The number of amides is 1. The predicted molar refractivity (Wildman–Crippen MR) is 98.1 cm³/mol. The molecule has 2 aromatic rings. The summed E-state index contributed by atoms with van der Waals surface area (Å²) in [6, 6.07) is 10.4. The summed E-state index contributed by atoms with van der Waals surface area (Å²) in [6.45, 7) is 3.37. The van der Waals surface area contributed by atoms with Gasteiger partial charge in [0.25, 0.3) is 0 Å². The Labute approximate surface area is 159 Å². The van der Waals surface area contributed by atoms with Crippen LogP contribution in [0.3, 0.4) is 0 Å². The molecule has 0 bridgehead atoms. The molecular weight excluding hydrogens is 379 g/mol. The molecule has 1 aliphatic rings. The summed E-state index contributed by atoms with van der Waals surface area (Å²) in [5.74, 6) is -0.642. The van der Waals surface area contributed by atoms with E-state index in [0.29, 0.717) is 17.9 Å². The van der Waals surface area contributed by atoms with Gasteiger partial charge in [-0.3, -0.25) is 4.79 Å². The lowest BCUT2D eigenvalue weighted by atomic mass is 9.95. The number of carbonyl (C=O) groups excluding carboxylic acids is 1. The van der Waals surface area contributed by atoms with Gasteiger partial charge in [-0.1, -0.05) is 36.4 Å². The lowest BCUT2D eigenvalue weighted by Crippen LogP contribution is -2.28. The summed E-state index contributed by atoms with van der Waals surface area (Å²) >= 11 is 5.88. The van der Waals surface area contributed by atoms with Crippen LogP contribution in [0, 0.1) is 0 Å². The number of rotatable bonds is 6. The number of anilines is 1. The zero-order chi connectivity index (χ0) is 19.7. The van der Waals surface area contributed by atoms with Crippen LogP contribution in [-0.4, -0.2) is 12.5 Å². The molecule has 3 rings (SSSR count). The predicted octanol–water partition coefficient (Wildman–Crippen LogP) is 5.59. The van der Waals surface area contributed by atoms with Crippen LogP contribution in [-0.2, 0) is 16.4 Å². The third-order valence-corrected chi connectivity index (χ3v) is 4.73. The summed E-state index contributed by atoms with van der Waals surface area (Å²) in [6.07, 6.45) is -1.98. The molecule has 0 spiro atoms. The van der Waals surface area contributed by atoms with Crippen molar-refractivity contribution in [3.63, 3.8) is 0 Å². The SMILES string of the molecule is C=CCOc1ccc(NC(=O)C2(c3ccc(Cl)cc3)CC2)cc1C(F)(F)F. The van der Waals surface area contributed by atoms with E-state index in [4.69, 9.17) is 16.3 Å². The van der Waals surface area contributed by atoms with Gasteiger partial charge in [0.2, 0.25) is 5.91 Å². The van der Waals surface area contributed by atoms with E-state index in [1.807, 2.05) is 0 Å². The third-order valence-electron chi connectivity index (χ3n) is 4.48. The van der Waals surface area contributed by atoms with E-state index < -0.39 is 17.2 Å². The minimum atomic E-state index is -4.61. The standard InChI is InChI=1S/C20H17ClF3NO2/c1-2-11-27-17-8-7-15(12-16(17)20(22,23)24)25-18(26)19(9-10-19)13-3-5-14(21)6-4-13/h2-8,12H,1,9-11H2,(H,25,26). The molecule has 3 nitrogen and oxygen atoms in total. The first-order valence-corrected chi connectivity index (χ1v) is 8.66. The van der Waals surface area contributed by atoms with Crippen LogP contribution in [0.25, 0.3) is 0 Å². The fraction of sp³-hybridized carbons (Fsp3) is 0.250. The van der Waals surface area contributed by atoms with Crippen molar-refractivity contribution in [1.82, 2.24) is 0 Å². The highest BCUT2D eigenvalue weighted by Gasteiger charge is 2.51. The van der Waals surface area contributed by atoms with E-state index in [1.54, 1.807) is 24.3 Å². The molecule has 1 aliphatic carbocycles. The topological polar surface area (TPSA) is 38.3 Å². The highest BCUT2D eigenvalue weighted by molar-refractivity contribution is 6.30. The van der Waals surface area contributed by atoms with Crippen molar-refractivity contribution in [2.75, 3.05) is 11.9 Å². The Bertz CT molecular complexity index is 859. The molecule has 0 unspecified atom stereocenters. The summed E-state index contributed by atoms with van der Waals surface area (Å²) < 4.78 is 45.0. The molecule has 142 valence electrons. The number of halogens is 4. The maximum absolute atomic E-state index is 13.3. The van der Waals surface area contributed by atoms with E-state index in [9.17, 15) is 18.0 Å². The summed E-state index contributed by atoms with van der Waals surface area (Å²) in [4.78, 5) is 12.7. The molecule has 1 saturated carbocycles. The second kappa shape index (κ2) is 7.27. The number of ether oxygens (including phenoxy) is 1. The summed E-state index contributed by atoms with van der Waals surface area (Å²) in [7, 11) is 0. The van der Waals surface area contributed by atoms with Crippen molar-refractivity contribution in [1.29, 1.82) is 0 Å². The summed E-state index contributed by atoms with van der Waals surface area (Å²) in [5, 5.41) is 3.16. The van der Waals surface area contributed by atoms with Gasteiger partial charge in [-0.2, -0.15) is 13.2 Å². The van der Waals surface area contributed by atoms with Gasteiger partial charge >= 0.3 is 6.18 Å². The van der Waals surface area contributed by atoms with Crippen molar-refractivity contribution in [3.05, 3.63) is 71.3 Å². The first-order valence-electron chi connectivity index (χ1n) is 8.29. The number of nitrogens with one attached hydrogen (secondary N) is 1. The van der Waals surface area contributed by atoms with E-state index >= 15 is 0 Å². The Hall–Kier alpha value is -2.47. The Morgan fingerprint density at radius 3 is 2.44 bits per heavy atom. The molecular formula is C20H17ClF3NO2. The average Bonchev–Trinajstić information content (AvgIpc) is 3.42. The minimum absolute atomic E-state index is 0.0472. The zero-order valence-electron chi connectivity index (χ0n) is 14.3. The van der Waals surface area contributed by atoms with E-state index in [-0.39, 0.29) is 24.0 Å². The van der Waals surface area contributed by atoms with Crippen LogP contribution in [0.1, 0.15) is 24.0 Å². The molecule has 0 aromatic heterocycles. The number of carbonyl (C=O) groups is 1. The van der Waals surface area contributed by atoms with Crippen molar-refractivity contribution in [2.24, 2.45) is 0 Å². The van der Waals surface area contributed by atoms with Gasteiger partial charge in [-0.25, -0.2) is 0 Å². The molecule has 0 radical (unpaired) electrons. The summed E-state index contributed by atoms with van der Waals surface area (Å²) in [5.41, 5.74) is -0.801. The number of hydrogen-bond acceptors (Lipinski definition) is 2. The monoisotopic (exact) mass is 395 g/mol. The molecule has 0 heterocycles. The zero-order valence-corrected chi connectivity index (χ0v) is 15.0. The molecule has 27 heavy (non-hydrogen) atoms. The third kappa shape index (κ3) is 4.11. The van der Waals surface area contributed by atoms with Crippen LogP contribution < -0.4 is 10.1 Å². The molecule has 1 amide bonds. The number of benzene rings is 2. The first-order chi connectivity index (χ1) is 12.8. The molecule has 2 aromatic carbocycles. The van der Waals surface area contributed by atoms with Gasteiger partial charge in [0, 0.05) is 10.7 Å². The fourth-order valence-electron chi connectivity index (χ4n) is 2.90. The smallest absolute Gasteiger partial charge is 0.420 e. The molecule has 0 aliphatic heterocycles. The maximum atomic E-state index is 13.3. The van der Waals surface area contributed by atoms with Gasteiger partial charge in [0.15, 0.2) is 0 Å². The fourth-order valence-corrected chi connectivity index (χ4v) is 3.02. The Morgan fingerprint density at radius 1 is 1.22 bits per heavy atom. The quantitative estimate of drug-likeness (QED) is 0.647. The van der Waals surface area contributed by atoms with Crippen LogP contribution in [0.4, 0.5) is 18.9 Å². The van der Waals surface area contributed by atoms with Crippen LogP contribution in [0.2, 0.25) is 5.02 Å². The van der Waals surface area contributed by atoms with Crippen LogP contribution in [0.15, 0.2) is 55.1 Å². The maximum Gasteiger partial charge on any atom is 0.420 e. The molecule has 1 fully saturated rings. The average molecular weight is 396 g/mol. The van der Waals surface area contributed by atoms with E-state index in [1.165, 1.54) is 18.2 Å². The van der Waals surface area contributed by atoms with Crippen molar-refractivity contribution >= 4 is 23.2 Å². The van der Waals surface area contributed by atoms with Crippen molar-refractivity contribution < 1.29 is 22.7 Å². The second-order valence-electron chi connectivity index (χ2n) is 6.35. The normalized spacial score (nSPS) is 15.1. The van der Waals surface area contributed by atoms with Crippen LogP contribution >= 0.6 is 11.6 Å². The molecule has 0 atom stereocenters. The highest BCUT2D eigenvalue weighted by atomic mass is 35.5. The Kier molecular flexibility index (Phi) is 5.20. The Morgan fingerprint density at radius 2 is 1.89 bits per heavy atom. The number of hydrogen-bond donors (Lipinski definition) is 1. The van der Waals surface area contributed by atoms with E-state index in [2.05, 4.69) is 11.9 Å². The second-order valence-corrected chi connectivity index (χ2v) is 6.79. The van der Waals surface area contributed by atoms with Gasteiger partial charge in [-0.15, -0.1) is 0 Å². The molecule has 7 heteroatoms. The largest absolute Gasteiger partial charge is 0.489 e. The first kappa shape index (κ1) is 19.3. The highest BCUT2D eigenvalue weighted by Crippen LogP contribution is 2.49. The molecule has 0 saturated heterocycles. The van der Waals surface area contributed by atoms with Gasteiger partial charge in [0.05, 0.1) is 11.0 Å². The minimum Gasteiger partial charge on any atom is -0.489 e. The Balaban J connectivity index is 1.84. The lowest BCUT2D eigenvalue weighted by molar-refractivity contribution is -0.138. The van der Waals surface area contributed by atoms with E-state index in [0.717, 1.165) is 11.6 Å². The number of alkyl halides is 3. The van der Waals surface area contributed by atoms with Gasteiger partial charge in [-0.05, 0) is 48.7 Å². The lowest BCUT2D eigenvalue weighted by Gasteiger charge is -2.18. The molecule has 1 N–H and O–H groups in total. The van der Waals surface area contributed by atoms with Crippen LogP contribution in [0.5, 0.6) is 5.75 Å².